The van der Waals surface area contributed by atoms with Crippen LogP contribution in [0.3, 0.4) is 0 Å². The van der Waals surface area contributed by atoms with Crippen molar-refractivity contribution in [3.05, 3.63) is 52.7 Å². The van der Waals surface area contributed by atoms with Gasteiger partial charge in [-0.3, -0.25) is 4.79 Å². The lowest BCUT2D eigenvalue weighted by atomic mass is 9.83. The van der Waals surface area contributed by atoms with E-state index in [9.17, 15) is 4.79 Å². The van der Waals surface area contributed by atoms with E-state index in [1.165, 1.54) is 16.8 Å². The summed E-state index contributed by atoms with van der Waals surface area (Å²) in [5.41, 5.74) is 5.68. The number of nitrogens with zero attached hydrogens (tertiary/aromatic N) is 1. The third kappa shape index (κ3) is 3.32. The Kier molecular flexibility index (Phi) is 4.60. The second kappa shape index (κ2) is 6.12. The van der Waals surface area contributed by atoms with Crippen molar-refractivity contribution >= 4 is 11.4 Å². The SMILES string of the molecule is CCC(=O)c1cc(C(C)(C)C)ccc1C1=CC(N(C)C)=CC1. The molecular weight excluding hydrogens is 270 g/mol. The molecular formula is C20H27NO. The highest BCUT2D eigenvalue weighted by Gasteiger charge is 2.20. The zero-order chi connectivity index (χ0) is 16.5. The summed E-state index contributed by atoms with van der Waals surface area (Å²) in [5, 5.41) is 0. The van der Waals surface area contributed by atoms with E-state index in [0.29, 0.717) is 6.42 Å². The van der Waals surface area contributed by atoms with Gasteiger partial charge in [0.2, 0.25) is 0 Å². The summed E-state index contributed by atoms with van der Waals surface area (Å²) in [6.07, 6.45) is 5.85. The second-order valence-electron chi connectivity index (χ2n) is 7.18. The fraction of sp³-hybridized carbons (Fsp3) is 0.450. The minimum Gasteiger partial charge on any atom is -0.378 e. The monoisotopic (exact) mass is 297 g/mol. The zero-order valence-electron chi connectivity index (χ0n) is 14.7. The molecule has 0 fully saturated rings. The molecule has 0 aliphatic heterocycles. The second-order valence-corrected chi connectivity index (χ2v) is 7.18. The third-order valence-electron chi connectivity index (χ3n) is 4.22. The number of allylic oxidation sites excluding steroid dienone is 3. The molecule has 118 valence electrons. The number of ketones is 1. The number of carbonyl (C=O) groups excluding carboxylic acids is 1. The van der Waals surface area contributed by atoms with E-state index in [4.69, 9.17) is 0 Å². The van der Waals surface area contributed by atoms with E-state index < -0.39 is 0 Å². The van der Waals surface area contributed by atoms with Crippen LogP contribution in [0.4, 0.5) is 0 Å². The quantitative estimate of drug-likeness (QED) is 0.743. The van der Waals surface area contributed by atoms with Crippen molar-refractivity contribution in [1.82, 2.24) is 4.90 Å². The van der Waals surface area contributed by atoms with Gasteiger partial charge in [0.25, 0.3) is 0 Å². The van der Waals surface area contributed by atoms with Gasteiger partial charge in [-0.2, -0.15) is 0 Å². The summed E-state index contributed by atoms with van der Waals surface area (Å²) in [5.74, 6) is 0.223. The minimum absolute atomic E-state index is 0.0540. The average Bonchev–Trinajstić information content (AvgIpc) is 2.94. The molecule has 0 N–H and O–H groups in total. The van der Waals surface area contributed by atoms with Crippen LogP contribution in [0, 0.1) is 0 Å². The van der Waals surface area contributed by atoms with Crippen LogP contribution in [-0.2, 0) is 5.41 Å². The van der Waals surface area contributed by atoms with Crippen molar-refractivity contribution in [2.75, 3.05) is 14.1 Å². The predicted octanol–water partition coefficient (Wildman–Crippen LogP) is 4.81. The number of hydrogen-bond acceptors (Lipinski definition) is 2. The fourth-order valence-corrected chi connectivity index (χ4v) is 2.72. The Balaban J connectivity index is 2.49. The third-order valence-corrected chi connectivity index (χ3v) is 4.22. The van der Waals surface area contributed by atoms with Gasteiger partial charge in [0.15, 0.2) is 5.78 Å². The number of Topliss-reactive ketones (excluding diaryl/α,β-unsaturated/α-hetero) is 1. The van der Waals surface area contributed by atoms with Gasteiger partial charge in [0.05, 0.1) is 0 Å². The van der Waals surface area contributed by atoms with Crippen LogP contribution >= 0.6 is 0 Å². The zero-order valence-corrected chi connectivity index (χ0v) is 14.7. The van der Waals surface area contributed by atoms with Crippen LogP contribution in [0.15, 0.2) is 36.0 Å². The van der Waals surface area contributed by atoms with Gasteiger partial charge >= 0.3 is 0 Å². The molecule has 0 unspecified atom stereocenters. The Labute approximate surface area is 134 Å². The molecule has 0 saturated heterocycles. The summed E-state index contributed by atoms with van der Waals surface area (Å²) in [6, 6.07) is 6.38. The first-order valence-electron chi connectivity index (χ1n) is 8.00. The molecule has 0 saturated carbocycles. The van der Waals surface area contributed by atoms with Crippen LogP contribution < -0.4 is 0 Å². The molecule has 0 amide bonds. The van der Waals surface area contributed by atoms with Crippen molar-refractivity contribution in [3.63, 3.8) is 0 Å². The maximum absolute atomic E-state index is 12.4. The Morgan fingerprint density at radius 2 is 1.91 bits per heavy atom. The molecule has 1 aliphatic carbocycles. The highest BCUT2D eigenvalue weighted by molar-refractivity contribution is 6.01. The smallest absolute Gasteiger partial charge is 0.163 e. The Morgan fingerprint density at radius 1 is 1.23 bits per heavy atom. The van der Waals surface area contributed by atoms with E-state index >= 15 is 0 Å². The van der Waals surface area contributed by atoms with E-state index in [-0.39, 0.29) is 11.2 Å². The van der Waals surface area contributed by atoms with Gasteiger partial charge in [-0.25, -0.2) is 0 Å². The molecule has 0 aromatic heterocycles. The molecule has 2 rings (SSSR count). The number of carbonyl (C=O) groups is 1. The van der Waals surface area contributed by atoms with Crippen molar-refractivity contribution in [3.8, 4) is 0 Å². The molecule has 1 aliphatic rings. The molecule has 0 heterocycles. The summed E-state index contributed by atoms with van der Waals surface area (Å²) in [7, 11) is 4.10. The molecule has 1 aromatic carbocycles. The number of hydrogen-bond donors (Lipinski definition) is 0. The summed E-state index contributed by atoms with van der Waals surface area (Å²) >= 11 is 0. The van der Waals surface area contributed by atoms with Gasteiger partial charge in [-0.05, 0) is 40.7 Å². The van der Waals surface area contributed by atoms with E-state index in [0.717, 1.165) is 17.5 Å². The highest BCUT2D eigenvalue weighted by atomic mass is 16.1. The molecule has 1 aromatic rings. The predicted molar refractivity (Wildman–Crippen MR) is 94.1 cm³/mol. The van der Waals surface area contributed by atoms with Crippen LogP contribution in [0.1, 0.15) is 62.0 Å². The number of benzene rings is 1. The Morgan fingerprint density at radius 3 is 2.41 bits per heavy atom. The number of likely N-dealkylation sites (N-methyl/N-ethyl adjacent to an activating group) is 1. The molecule has 2 heteroatoms. The topological polar surface area (TPSA) is 20.3 Å². The molecule has 0 spiro atoms. The first-order chi connectivity index (χ1) is 10.2. The minimum atomic E-state index is 0.0540. The number of rotatable bonds is 4. The maximum atomic E-state index is 12.4. The standard InChI is InChI=1S/C20H27NO/c1-7-19(22)18-13-15(20(2,3)4)9-11-17(18)14-8-10-16(12-14)21(5)6/h9-13H,7-8H2,1-6H3. The average molecular weight is 297 g/mol. The van der Waals surface area contributed by atoms with Crippen LogP contribution in [-0.4, -0.2) is 24.8 Å². The molecule has 2 nitrogen and oxygen atoms in total. The van der Waals surface area contributed by atoms with E-state index in [1.54, 1.807) is 0 Å². The van der Waals surface area contributed by atoms with Gasteiger partial charge in [0.1, 0.15) is 0 Å². The largest absolute Gasteiger partial charge is 0.378 e. The van der Waals surface area contributed by atoms with Crippen molar-refractivity contribution in [2.45, 2.75) is 46.0 Å². The molecule has 0 bridgehead atoms. The molecule has 0 radical (unpaired) electrons. The highest BCUT2D eigenvalue weighted by Crippen LogP contribution is 2.33. The summed E-state index contributed by atoms with van der Waals surface area (Å²) in [4.78, 5) is 14.5. The van der Waals surface area contributed by atoms with E-state index in [1.807, 2.05) is 21.0 Å². The van der Waals surface area contributed by atoms with Gasteiger partial charge in [-0.15, -0.1) is 0 Å². The first kappa shape index (κ1) is 16.5. The Hall–Kier alpha value is -1.83. The fourth-order valence-electron chi connectivity index (χ4n) is 2.72. The van der Waals surface area contributed by atoms with Gasteiger partial charge in [0, 0.05) is 31.8 Å². The van der Waals surface area contributed by atoms with Crippen molar-refractivity contribution in [1.29, 1.82) is 0 Å². The lowest BCUT2D eigenvalue weighted by Crippen LogP contribution is -2.13. The van der Waals surface area contributed by atoms with Gasteiger partial charge in [-0.1, -0.05) is 45.9 Å². The molecule has 22 heavy (non-hydrogen) atoms. The van der Waals surface area contributed by atoms with Crippen LogP contribution in [0.5, 0.6) is 0 Å². The first-order valence-corrected chi connectivity index (χ1v) is 8.00. The molecule has 0 atom stereocenters. The Bertz CT molecular complexity index is 642. The van der Waals surface area contributed by atoms with E-state index in [2.05, 4.69) is 56.0 Å². The van der Waals surface area contributed by atoms with Gasteiger partial charge < -0.3 is 4.90 Å². The van der Waals surface area contributed by atoms with Crippen LogP contribution in [0.2, 0.25) is 0 Å². The lowest BCUT2D eigenvalue weighted by Gasteiger charge is -2.21. The maximum Gasteiger partial charge on any atom is 0.163 e. The van der Waals surface area contributed by atoms with Crippen LogP contribution in [0.25, 0.3) is 5.57 Å². The van der Waals surface area contributed by atoms with Crippen molar-refractivity contribution < 1.29 is 4.79 Å². The lowest BCUT2D eigenvalue weighted by molar-refractivity contribution is 0.0988. The normalized spacial score (nSPS) is 14.6. The van der Waals surface area contributed by atoms with Crippen molar-refractivity contribution in [2.24, 2.45) is 0 Å². The summed E-state index contributed by atoms with van der Waals surface area (Å²) in [6.45, 7) is 8.48. The summed E-state index contributed by atoms with van der Waals surface area (Å²) < 4.78 is 0.